The third-order valence-corrected chi connectivity index (χ3v) is 8.52. The number of carboxylic acids is 1. The molecule has 2 heterocycles. The molecular formula is C33H42ClN6O7+. The van der Waals surface area contributed by atoms with Gasteiger partial charge < -0.3 is 40.6 Å². The zero-order chi connectivity index (χ0) is 33.8. The van der Waals surface area contributed by atoms with E-state index in [-0.39, 0.29) is 41.7 Å². The maximum atomic E-state index is 13.2. The van der Waals surface area contributed by atoms with Crippen molar-refractivity contribution < 1.29 is 38.2 Å². The van der Waals surface area contributed by atoms with Crippen molar-refractivity contribution in [2.45, 2.75) is 44.6 Å². The molecule has 0 radical (unpaired) electrons. The Bertz CT molecular complexity index is 1520. The van der Waals surface area contributed by atoms with Gasteiger partial charge in [-0.3, -0.25) is 4.79 Å². The van der Waals surface area contributed by atoms with Gasteiger partial charge in [-0.2, -0.15) is 0 Å². The molecule has 4 rings (SSSR count). The predicted octanol–water partition coefficient (Wildman–Crippen LogP) is 3.28. The number of halogens is 1. The highest BCUT2D eigenvalue weighted by Gasteiger charge is 2.35. The number of carbonyl (C=O) groups is 3. The molecule has 2 aromatic carbocycles. The largest absolute Gasteiger partial charge is 0.482 e. The summed E-state index contributed by atoms with van der Waals surface area (Å²) in [4.78, 5) is 43.3. The molecule has 0 bridgehead atoms. The van der Waals surface area contributed by atoms with E-state index in [9.17, 15) is 14.4 Å². The number of carbonyl (C=O) groups excluding carboxylic acids is 2. The molecule has 0 saturated carbocycles. The van der Waals surface area contributed by atoms with Crippen molar-refractivity contribution in [3.05, 3.63) is 70.5 Å². The highest BCUT2D eigenvalue weighted by molar-refractivity contribution is 6.31. The van der Waals surface area contributed by atoms with Gasteiger partial charge >= 0.3 is 11.9 Å². The number of hydrogen-bond acceptors (Lipinski definition) is 10. The van der Waals surface area contributed by atoms with Gasteiger partial charge in [-0.15, -0.1) is 0 Å². The molecule has 252 valence electrons. The average Bonchev–Trinajstić information content (AvgIpc) is 3.05. The fourth-order valence-electron chi connectivity index (χ4n) is 5.91. The monoisotopic (exact) mass is 669 g/mol. The average molecular weight is 670 g/mol. The predicted molar refractivity (Wildman–Crippen MR) is 176 cm³/mol. The van der Waals surface area contributed by atoms with Crippen LogP contribution in [0.3, 0.4) is 0 Å². The number of carboxylic acid groups (broad SMARTS) is 1. The number of esters is 1. The van der Waals surface area contributed by atoms with Crippen LogP contribution in [0, 0.1) is 0 Å². The number of quaternary nitrogens is 1. The molecule has 0 aliphatic carbocycles. The van der Waals surface area contributed by atoms with E-state index in [1.807, 2.05) is 36.4 Å². The summed E-state index contributed by atoms with van der Waals surface area (Å²) in [5.74, 6) is -0.857. The smallest absolute Gasteiger partial charge is 0.343 e. The summed E-state index contributed by atoms with van der Waals surface area (Å²) in [6.45, 7) is 3.06. The minimum absolute atomic E-state index is 0.0279. The van der Waals surface area contributed by atoms with E-state index in [1.54, 1.807) is 12.1 Å². The number of likely N-dealkylation sites (tertiary alicyclic amines) is 1. The van der Waals surface area contributed by atoms with E-state index in [4.69, 9.17) is 37.6 Å². The zero-order valence-corrected chi connectivity index (χ0v) is 27.2. The third-order valence-electron chi connectivity index (χ3n) is 8.24. The van der Waals surface area contributed by atoms with Crippen molar-refractivity contribution in [1.82, 2.24) is 15.3 Å². The molecule has 1 aliphatic heterocycles. The number of piperidine rings is 1. The minimum atomic E-state index is -1.02. The lowest BCUT2D eigenvalue weighted by molar-refractivity contribution is -0.933. The standard InChI is InChI=1S/C33H41ClN6O7/c1-45-28(43)21-47-26-14-10-23(11-15-26)6-3-17-40(16-2-5-22-8-12-25(13-9-22)46-20-27(41)42)18-4-7-24(19-40)37-33(44)29-31(35)39-32(36)30(34)38-29/h8-15,24H,2-7,16-21H2,1H3,(H5-,35,36,37,39,41,42,44)/p+1. The van der Waals surface area contributed by atoms with Crippen molar-refractivity contribution in [1.29, 1.82) is 0 Å². The van der Waals surface area contributed by atoms with Crippen molar-refractivity contribution in [2.24, 2.45) is 0 Å². The zero-order valence-electron chi connectivity index (χ0n) is 26.5. The molecule has 3 aromatic rings. The maximum Gasteiger partial charge on any atom is 0.343 e. The van der Waals surface area contributed by atoms with Crippen LogP contribution in [-0.4, -0.2) is 89.9 Å². The number of aliphatic carboxylic acids is 1. The van der Waals surface area contributed by atoms with Gasteiger partial charge in [0.2, 0.25) is 0 Å². The summed E-state index contributed by atoms with van der Waals surface area (Å²) in [6, 6.07) is 15.1. The molecule has 14 heteroatoms. The number of nitrogens with two attached hydrogens (primary N) is 2. The first-order chi connectivity index (χ1) is 22.6. The normalized spacial score (nSPS) is 17.4. The molecule has 1 amide bonds. The van der Waals surface area contributed by atoms with Crippen molar-refractivity contribution in [3.63, 3.8) is 0 Å². The van der Waals surface area contributed by atoms with Crippen LogP contribution >= 0.6 is 11.6 Å². The highest BCUT2D eigenvalue weighted by Crippen LogP contribution is 2.25. The number of rotatable bonds is 16. The number of anilines is 2. The van der Waals surface area contributed by atoms with Crippen LogP contribution < -0.4 is 26.3 Å². The van der Waals surface area contributed by atoms with Crippen LogP contribution in [-0.2, 0) is 27.2 Å². The highest BCUT2D eigenvalue weighted by atomic mass is 35.5. The lowest BCUT2D eigenvalue weighted by atomic mass is 9.99. The van der Waals surface area contributed by atoms with Crippen LogP contribution in [0.5, 0.6) is 11.5 Å². The Hall–Kier alpha value is -4.62. The summed E-state index contributed by atoms with van der Waals surface area (Å²) in [5.41, 5.74) is 13.9. The van der Waals surface area contributed by atoms with Crippen molar-refractivity contribution in [2.75, 3.05) is 58.0 Å². The van der Waals surface area contributed by atoms with Crippen LogP contribution in [0.2, 0.25) is 5.15 Å². The number of nitrogens with one attached hydrogen (secondary N) is 1. The van der Waals surface area contributed by atoms with Gasteiger partial charge in [0.05, 0.1) is 39.3 Å². The molecule has 2 atom stereocenters. The van der Waals surface area contributed by atoms with Gasteiger partial charge in [-0.05, 0) is 61.1 Å². The number of methoxy groups -OCH3 is 1. The van der Waals surface area contributed by atoms with E-state index in [1.165, 1.54) is 7.11 Å². The number of hydrogen-bond donors (Lipinski definition) is 4. The summed E-state index contributed by atoms with van der Waals surface area (Å²) in [6.07, 6.45) is 5.34. The van der Waals surface area contributed by atoms with Gasteiger partial charge in [0.25, 0.3) is 5.91 Å². The molecular weight excluding hydrogens is 628 g/mol. The van der Waals surface area contributed by atoms with Gasteiger partial charge in [-0.1, -0.05) is 35.9 Å². The second kappa shape index (κ2) is 16.8. The molecule has 1 fully saturated rings. The first kappa shape index (κ1) is 35.2. The number of nitrogens with zero attached hydrogens (tertiary/aromatic N) is 3. The van der Waals surface area contributed by atoms with Gasteiger partial charge in [-0.25, -0.2) is 19.6 Å². The number of amides is 1. The van der Waals surface area contributed by atoms with Gasteiger partial charge in [0.1, 0.15) is 11.5 Å². The van der Waals surface area contributed by atoms with Crippen molar-refractivity contribution >= 4 is 41.1 Å². The molecule has 47 heavy (non-hydrogen) atoms. The van der Waals surface area contributed by atoms with Crippen LogP contribution in [0.1, 0.15) is 47.3 Å². The lowest BCUT2D eigenvalue weighted by Gasteiger charge is -2.45. The topological polar surface area (TPSA) is 189 Å². The number of ether oxygens (including phenoxy) is 3. The van der Waals surface area contributed by atoms with Crippen LogP contribution in [0.25, 0.3) is 0 Å². The second-order valence-corrected chi connectivity index (χ2v) is 12.0. The van der Waals surface area contributed by atoms with Crippen LogP contribution in [0.4, 0.5) is 11.6 Å². The molecule has 6 N–H and O–H groups in total. The Labute approximate surface area is 278 Å². The number of nitrogen functional groups attached to an aromatic ring is 2. The van der Waals surface area contributed by atoms with E-state index in [0.717, 1.165) is 80.3 Å². The molecule has 1 aromatic heterocycles. The van der Waals surface area contributed by atoms with E-state index < -0.39 is 17.8 Å². The molecule has 1 saturated heterocycles. The number of aromatic nitrogens is 2. The second-order valence-electron chi connectivity index (χ2n) is 11.7. The fraction of sp³-hybridized carbons (Fsp3) is 0.424. The first-order valence-electron chi connectivity index (χ1n) is 15.5. The van der Waals surface area contributed by atoms with Gasteiger partial charge in [0, 0.05) is 12.8 Å². The molecule has 0 spiro atoms. The Morgan fingerprint density at radius 3 is 2.04 bits per heavy atom. The van der Waals surface area contributed by atoms with Gasteiger partial charge in [0.15, 0.2) is 35.7 Å². The number of benzene rings is 2. The Morgan fingerprint density at radius 2 is 1.49 bits per heavy atom. The minimum Gasteiger partial charge on any atom is -0.482 e. The third kappa shape index (κ3) is 10.7. The fourth-order valence-corrected chi connectivity index (χ4v) is 6.04. The summed E-state index contributed by atoms with van der Waals surface area (Å²) in [7, 11) is 1.32. The Balaban J connectivity index is 1.40. The maximum absolute atomic E-state index is 13.2. The van der Waals surface area contributed by atoms with Crippen molar-refractivity contribution in [3.8, 4) is 11.5 Å². The van der Waals surface area contributed by atoms with Crippen LogP contribution in [0.15, 0.2) is 48.5 Å². The SMILES string of the molecule is COC(=O)COc1ccc(CCC[N+]2(CCCc3ccc(OCC(=O)O)cc3)CCCC(NC(=O)c3nc(Cl)c(N)nc3N)C2)cc1. The lowest BCUT2D eigenvalue weighted by Crippen LogP contribution is -2.60. The molecule has 2 unspecified atom stereocenters. The number of aryl methyl sites for hydroxylation is 2. The van der Waals surface area contributed by atoms with E-state index in [0.29, 0.717) is 11.5 Å². The van der Waals surface area contributed by atoms with E-state index >= 15 is 0 Å². The van der Waals surface area contributed by atoms with E-state index in [2.05, 4.69) is 20.0 Å². The summed E-state index contributed by atoms with van der Waals surface area (Å²) < 4.78 is 16.2. The summed E-state index contributed by atoms with van der Waals surface area (Å²) in [5, 5.41) is 11.9. The quantitative estimate of drug-likeness (QED) is 0.129. The summed E-state index contributed by atoms with van der Waals surface area (Å²) >= 11 is 6.02. The first-order valence-corrected chi connectivity index (χ1v) is 15.9. The Kier molecular flexibility index (Phi) is 12.6. The Morgan fingerprint density at radius 1 is 0.915 bits per heavy atom. The molecule has 13 nitrogen and oxygen atoms in total. The molecule has 1 aliphatic rings.